The van der Waals surface area contributed by atoms with E-state index in [2.05, 4.69) is 39.5 Å². The van der Waals surface area contributed by atoms with E-state index < -0.39 is 0 Å². The Morgan fingerprint density at radius 1 is 0.774 bits per heavy atom. The highest BCUT2D eigenvalue weighted by molar-refractivity contribution is 5.86. The summed E-state index contributed by atoms with van der Waals surface area (Å²) in [5.74, 6) is 0.183. The number of carbonyl (C=O) groups is 1. The highest BCUT2D eigenvalue weighted by Crippen LogP contribution is 2.26. The fourth-order valence-corrected chi connectivity index (χ4v) is 3.73. The van der Waals surface area contributed by atoms with Gasteiger partial charge in [-0.1, -0.05) is 55.5 Å². The second kappa shape index (κ2) is 9.85. The van der Waals surface area contributed by atoms with Gasteiger partial charge in [0.25, 0.3) is 0 Å². The van der Waals surface area contributed by atoms with Crippen LogP contribution in [0.5, 0.6) is 0 Å². The molecule has 4 aromatic rings. The summed E-state index contributed by atoms with van der Waals surface area (Å²) in [5.41, 5.74) is 5.91. The minimum absolute atomic E-state index is 0.0882. The molecule has 0 radical (unpaired) electrons. The molecular formula is C26H24N4O. The van der Waals surface area contributed by atoms with Gasteiger partial charge in [-0.05, 0) is 48.2 Å². The van der Waals surface area contributed by atoms with Crippen molar-refractivity contribution < 1.29 is 4.79 Å². The lowest BCUT2D eigenvalue weighted by molar-refractivity contribution is -0.120. The number of rotatable bonds is 8. The molecule has 5 nitrogen and oxygen atoms in total. The highest BCUT2D eigenvalue weighted by atomic mass is 16.1. The maximum atomic E-state index is 13.0. The second-order valence-corrected chi connectivity index (χ2v) is 7.46. The summed E-state index contributed by atoms with van der Waals surface area (Å²) in [5, 5.41) is 16.1. The quantitative estimate of drug-likeness (QED) is 0.396. The number of ketones is 1. The van der Waals surface area contributed by atoms with Gasteiger partial charge in [-0.2, -0.15) is 20.4 Å². The van der Waals surface area contributed by atoms with Crippen molar-refractivity contribution in [1.82, 2.24) is 20.4 Å². The first-order chi connectivity index (χ1) is 15.2. The molecule has 0 fully saturated rings. The molecule has 31 heavy (non-hydrogen) atoms. The van der Waals surface area contributed by atoms with Crippen molar-refractivity contribution >= 4 is 5.78 Å². The van der Waals surface area contributed by atoms with E-state index in [0.717, 1.165) is 46.5 Å². The van der Waals surface area contributed by atoms with Crippen LogP contribution in [-0.2, 0) is 11.2 Å². The van der Waals surface area contributed by atoms with Crippen LogP contribution in [-0.4, -0.2) is 26.2 Å². The Hall–Kier alpha value is -3.73. The Bertz CT molecular complexity index is 1110. The largest absolute Gasteiger partial charge is 0.299 e. The van der Waals surface area contributed by atoms with Crippen LogP contribution in [0.2, 0.25) is 0 Å². The van der Waals surface area contributed by atoms with Gasteiger partial charge in [0.2, 0.25) is 0 Å². The van der Waals surface area contributed by atoms with Gasteiger partial charge >= 0.3 is 0 Å². The predicted molar refractivity (Wildman–Crippen MR) is 121 cm³/mol. The monoisotopic (exact) mass is 408 g/mol. The van der Waals surface area contributed by atoms with Crippen molar-refractivity contribution in [3.8, 4) is 22.5 Å². The Kier molecular flexibility index (Phi) is 6.53. The Morgan fingerprint density at radius 3 is 1.81 bits per heavy atom. The van der Waals surface area contributed by atoms with E-state index in [1.165, 1.54) is 0 Å². The van der Waals surface area contributed by atoms with Gasteiger partial charge < -0.3 is 0 Å². The lowest BCUT2D eigenvalue weighted by Crippen LogP contribution is -2.12. The molecule has 0 aliphatic heterocycles. The molecule has 2 heterocycles. The molecule has 4 rings (SSSR count). The molecule has 0 aliphatic rings. The summed E-state index contributed by atoms with van der Waals surface area (Å²) in [6.45, 7) is 2.06. The van der Waals surface area contributed by atoms with Crippen molar-refractivity contribution in [2.75, 3.05) is 0 Å². The molecule has 0 saturated heterocycles. The number of aromatic nitrogens is 4. The summed E-state index contributed by atoms with van der Waals surface area (Å²) in [7, 11) is 0. The first-order valence-electron chi connectivity index (χ1n) is 10.5. The first-order valence-corrected chi connectivity index (χ1v) is 10.5. The average molecular weight is 409 g/mol. The first kappa shape index (κ1) is 20.5. The number of aryl methyl sites for hydroxylation is 1. The van der Waals surface area contributed by atoms with Crippen LogP contribution in [0.1, 0.15) is 36.8 Å². The van der Waals surface area contributed by atoms with E-state index in [1.54, 1.807) is 12.4 Å². The summed E-state index contributed by atoms with van der Waals surface area (Å²) in [6, 6.07) is 23.9. The lowest BCUT2D eigenvalue weighted by atomic mass is 9.88. The third kappa shape index (κ3) is 5.07. The van der Waals surface area contributed by atoms with E-state index in [1.807, 2.05) is 60.7 Å². The van der Waals surface area contributed by atoms with E-state index in [-0.39, 0.29) is 11.7 Å². The summed E-state index contributed by atoms with van der Waals surface area (Å²) < 4.78 is 0. The summed E-state index contributed by atoms with van der Waals surface area (Å²) in [6.07, 6.45) is 5.36. The van der Waals surface area contributed by atoms with Crippen LogP contribution in [0.15, 0.2) is 85.2 Å². The van der Waals surface area contributed by atoms with Gasteiger partial charge in [0.15, 0.2) is 0 Å². The summed E-state index contributed by atoms with van der Waals surface area (Å²) >= 11 is 0. The van der Waals surface area contributed by atoms with E-state index >= 15 is 0 Å². The van der Waals surface area contributed by atoms with Crippen molar-refractivity contribution in [3.05, 3.63) is 96.3 Å². The zero-order chi connectivity index (χ0) is 21.5. The molecule has 154 valence electrons. The summed E-state index contributed by atoms with van der Waals surface area (Å²) in [4.78, 5) is 13.0. The molecule has 1 atom stereocenters. The molecule has 2 aromatic carbocycles. The lowest BCUT2D eigenvalue weighted by Gasteiger charge is -2.15. The van der Waals surface area contributed by atoms with Gasteiger partial charge in [-0.15, -0.1) is 0 Å². The van der Waals surface area contributed by atoms with Crippen LogP contribution >= 0.6 is 0 Å². The average Bonchev–Trinajstić information content (AvgIpc) is 2.85. The Labute approximate surface area is 182 Å². The van der Waals surface area contributed by atoms with Crippen LogP contribution in [0.4, 0.5) is 0 Å². The van der Waals surface area contributed by atoms with Crippen molar-refractivity contribution in [3.63, 3.8) is 0 Å². The molecule has 2 aromatic heterocycles. The van der Waals surface area contributed by atoms with E-state index in [4.69, 9.17) is 0 Å². The molecule has 0 saturated carbocycles. The SMILES string of the molecule is CCC(C(=O)CCc1ccc(-c2cccnn2)cc1)c1ccc(-c2cccnn2)cc1. The molecule has 0 aliphatic carbocycles. The van der Waals surface area contributed by atoms with Crippen molar-refractivity contribution in [2.45, 2.75) is 32.1 Å². The van der Waals surface area contributed by atoms with E-state index in [0.29, 0.717) is 6.42 Å². The van der Waals surface area contributed by atoms with Gasteiger partial charge in [0.1, 0.15) is 5.78 Å². The van der Waals surface area contributed by atoms with Crippen LogP contribution < -0.4 is 0 Å². The minimum atomic E-state index is -0.0882. The predicted octanol–water partition coefficient (Wildman–Crippen LogP) is 5.30. The van der Waals surface area contributed by atoms with Gasteiger partial charge in [0.05, 0.1) is 11.4 Å². The van der Waals surface area contributed by atoms with Crippen molar-refractivity contribution in [2.24, 2.45) is 0 Å². The van der Waals surface area contributed by atoms with Gasteiger partial charge in [-0.25, -0.2) is 0 Å². The highest BCUT2D eigenvalue weighted by Gasteiger charge is 2.18. The Morgan fingerprint density at radius 2 is 1.32 bits per heavy atom. The van der Waals surface area contributed by atoms with Crippen LogP contribution in [0.25, 0.3) is 22.5 Å². The zero-order valence-electron chi connectivity index (χ0n) is 17.5. The number of hydrogen-bond acceptors (Lipinski definition) is 5. The number of benzene rings is 2. The number of Topliss-reactive ketones (excluding diaryl/α,β-unsaturated/α-hetero) is 1. The third-order valence-electron chi connectivity index (χ3n) is 5.46. The maximum Gasteiger partial charge on any atom is 0.140 e. The van der Waals surface area contributed by atoms with Gasteiger partial charge in [0, 0.05) is 35.9 Å². The zero-order valence-corrected chi connectivity index (χ0v) is 17.5. The number of carbonyl (C=O) groups excluding carboxylic acids is 1. The molecule has 0 spiro atoms. The molecule has 0 amide bonds. The normalized spacial score (nSPS) is 11.8. The molecular weight excluding hydrogens is 384 g/mol. The van der Waals surface area contributed by atoms with Gasteiger partial charge in [-0.3, -0.25) is 4.79 Å². The number of nitrogens with zero attached hydrogens (tertiary/aromatic N) is 4. The minimum Gasteiger partial charge on any atom is -0.299 e. The molecule has 5 heteroatoms. The smallest absolute Gasteiger partial charge is 0.140 e. The number of hydrogen-bond donors (Lipinski definition) is 0. The standard InChI is InChI=1S/C26H24N4O/c1-2-23(20-12-14-22(15-13-20)25-6-4-18-28-30-25)26(31)16-9-19-7-10-21(11-8-19)24-5-3-17-27-29-24/h3-8,10-15,17-18,23H,2,9,16H2,1H3. The fraction of sp³-hybridized carbons (Fsp3) is 0.192. The van der Waals surface area contributed by atoms with Crippen LogP contribution in [0.3, 0.4) is 0 Å². The molecule has 0 N–H and O–H groups in total. The van der Waals surface area contributed by atoms with E-state index in [9.17, 15) is 4.79 Å². The van der Waals surface area contributed by atoms with Crippen LogP contribution in [0, 0.1) is 0 Å². The van der Waals surface area contributed by atoms with Crippen molar-refractivity contribution in [1.29, 1.82) is 0 Å². The Balaban J connectivity index is 1.39. The second-order valence-electron chi connectivity index (χ2n) is 7.46. The maximum absolute atomic E-state index is 13.0. The topological polar surface area (TPSA) is 68.6 Å². The third-order valence-corrected chi connectivity index (χ3v) is 5.46. The fourth-order valence-electron chi connectivity index (χ4n) is 3.73. The molecule has 0 bridgehead atoms. The molecule has 1 unspecified atom stereocenters.